The van der Waals surface area contributed by atoms with Crippen molar-refractivity contribution in [2.45, 2.75) is 11.7 Å². The Morgan fingerprint density at radius 1 is 1.71 bits per heavy atom. The summed E-state index contributed by atoms with van der Waals surface area (Å²) < 4.78 is 0. The maximum absolute atomic E-state index is 5.41. The Morgan fingerprint density at radius 2 is 2.43 bits per heavy atom. The highest BCUT2D eigenvalue weighted by atomic mass is 32.1. The van der Waals surface area contributed by atoms with Crippen molar-refractivity contribution in [2.24, 2.45) is 5.84 Å². The molecule has 1 saturated heterocycles. The van der Waals surface area contributed by atoms with Gasteiger partial charge in [-0.05, 0) is 6.42 Å². The second kappa shape index (κ2) is 2.03. The normalized spacial score (nSPS) is 34.3. The highest BCUT2D eigenvalue weighted by Crippen LogP contribution is 2.09. The van der Waals surface area contributed by atoms with E-state index in [0.29, 0.717) is 5.25 Å². The van der Waals surface area contributed by atoms with Gasteiger partial charge in [0, 0.05) is 18.3 Å². The minimum absolute atomic E-state index is 0.519. The standard InChI is InChI=1S/C4H10N2S/c5-6-2-1-4(7)3-6/h4,7H,1-3,5H2. The third kappa shape index (κ3) is 1.33. The Bertz CT molecular complexity index is 58.7. The molecule has 1 fully saturated rings. The topological polar surface area (TPSA) is 29.3 Å². The van der Waals surface area contributed by atoms with Gasteiger partial charge in [0.2, 0.25) is 0 Å². The number of hydrogen-bond donors (Lipinski definition) is 2. The summed E-state index contributed by atoms with van der Waals surface area (Å²) >= 11 is 4.23. The van der Waals surface area contributed by atoms with Gasteiger partial charge in [-0.2, -0.15) is 12.6 Å². The van der Waals surface area contributed by atoms with Crippen LogP contribution < -0.4 is 5.84 Å². The van der Waals surface area contributed by atoms with E-state index in [9.17, 15) is 0 Å². The lowest BCUT2D eigenvalue weighted by Gasteiger charge is -2.03. The molecule has 1 atom stereocenters. The Morgan fingerprint density at radius 3 is 2.57 bits per heavy atom. The summed E-state index contributed by atoms with van der Waals surface area (Å²) in [7, 11) is 0. The van der Waals surface area contributed by atoms with Crippen LogP contribution in [0.25, 0.3) is 0 Å². The van der Waals surface area contributed by atoms with Gasteiger partial charge in [-0.15, -0.1) is 0 Å². The van der Waals surface area contributed by atoms with Crippen LogP contribution in [0.15, 0.2) is 0 Å². The molecule has 1 rings (SSSR count). The van der Waals surface area contributed by atoms with E-state index in [1.807, 2.05) is 0 Å². The zero-order valence-electron chi connectivity index (χ0n) is 4.17. The predicted octanol–water partition coefficient (Wildman–Crippen LogP) is -0.136. The maximum Gasteiger partial charge on any atom is 0.0245 e. The summed E-state index contributed by atoms with van der Waals surface area (Å²) in [5.74, 6) is 5.41. The molecule has 2 nitrogen and oxygen atoms in total. The molecule has 1 aliphatic heterocycles. The molecular weight excluding hydrogens is 108 g/mol. The van der Waals surface area contributed by atoms with Crippen molar-refractivity contribution in [3.63, 3.8) is 0 Å². The number of hydrogen-bond acceptors (Lipinski definition) is 3. The fourth-order valence-electron chi connectivity index (χ4n) is 0.768. The highest BCUT2D eigenvalue weighted by Gasteiger charge is 2.14. The van der Waals surface area contributed by atoms with Gasteiger partial charge in [-0.3, -0.25) is 5.84 Å². The molecule has 0 aromatic rings. The van der Waals surface area contributed by atoms with Gasteiger partial charge in [0.1, 0.15) is 0 Å². The van der Waals surface area contributed by atoms with Crippen LogP contribution in [-0.4, -0.2) is 23.3 Å². The van der Waals surface area contributed by atoms with E-state index in [2.05, 4.69) is 12.6 Å². The molecule has 0 radical (unpaired) electrons. The van der Waals surface area contributed by atoms with Crippen molar-refractivity contribution in [1.29, 1.82) is 0 Å². The van der Waals surface area contributed by atoms with Gasteiger partial charge in [0.25, 0.3) is 0 Å². The number of rotatable bonds is 0. The van der Waals surface area contributed by atoms with E-state index in [0.717, 1.165) is 19.5 Å². The highest BCUT2D eigenvalue weighted by molar-refractivity contribution is 7.81. The molecule has 1 heterocycles. The lowest BCUT2D eigenvalue weighted by molar-refractivity contribution is 0.356. The number of thiol groups is 1. The Kier molecular flexibility index (Phi) is 1.57. The molecule has 1 aliphatic rings. The fraction of sp³-hybridized carbons (Fsp3) is 1.00. The first-order valence-electron chi connectivity index (χ1n) is 2.47. The van der Waals surface area contributed by atoms with Crippen molar-refractivity contribution in [2.75, 3.05) is 13.1 Å². The summed E-state index contributed by atoms with van der Waals surface area (Å²) in [6.45, 7) is 1.96. The lowest BCUT2D eigenvalue weighted by Crippen LogP contribution is -2.27. The monoisotopic (exact) mass is 118 g/mol. The van der Waals surface area contributed by atoms with E-state index in [1.54, 1.807) is 5.01 Å². The van der Waals surface area contributed by atoms with Crippen LogP contribution in [0, 0.1) is 0 Å². The second-order valence-electron chi connectivity index (χ2n) is 1.94. The van der Waals surface area contributed by atoms with Crippen LogP contribution in [0.5, 0.6) is 0 Å². The second-order valence-corrected chi connectivity index (χ2v) is 2.67. The van der Waals surface area contributed by atoms with Crippen LogP contribution in [0.3, 0.4) is 0 Å². The van der Waals surface area contributed by atoms with Gasteiger partial charge in [-0.25, -0.2) is 5.01 Å². The maximum atomic E-state index is 5.41. The molecule has 7 heavy (non-hydrogen) atoms. The molecule has 0 aliphatic carbocycles. The Labute approximate surface area is 49.1 Å². The average Bonchev–Trinajstić information content (AvgIpc) is 1.87. The molecule has 0 saturated carbocycles. The summed E-state index contributed by atoms with van der Waals surface area (Å²) in [6, 6.07) is 0. The number of hydrazine groups is 1. The summed E-state index contributed by atoms with van der Waals surface area (Å²) in [5.41, 5.74) is 0. The van der Waals surface area contributed by atoms with Crippen LogP contribution in [0.1, 0.15) is 6.42 Å². The number of nitrogens with two attached hydrogens (primary N) is 1. The zero-order chi connectivity index (χ0) is 5.28. The third-order valence-electron chi connectivity index (χ3n) is 1.19. The molecule has 42 valence electrons. The Balaban J connectivity index is 2.26. The quantitative estimate of drug-likeness (QED) is 0.342. The molecule has 0 spiro atoms. The first-order chi connectivity index (χ1) is 3.29. The number of nitrogens with zero attached hydrogens (tertiary/aromatic N) is 1. The SMILES string of the molecule is NN1CCC(S)C1. The summed E-state index contributed by atoms with van der Waals surface area (Å²) in [4.78, 5) is 0. The van der Waals surface area contributed by atoms with Crippen LogP contribution in [0.2, 0.25) is 0 Å². The molecule has 3 heteroatoms. The smallest absolute Gasteiger partial charge is 0.0245 e. The van der Waals surface area contributed by atoms with Crippen LogP contribution in [-0.2, 0) is 0 Å². The zero-order valence-corrected chi connectivity index (χ0v) is 5.06. The van der Waals surface area contributed by atoms with Crippen LogP contribution in [0.4, 0.5) is 0 Å². The minimum Gasteiger partial charge on any atom is -0.269 e. The molecule has 1 unspecified atom stereocenters. The molecular formula is C4H10N2S. The molecule has 0 bridgehead atoms. The fourth-order valence-corrected chi connectivity index (χ4v) is 1.09. The molecule has 0 aromatic carbocycles. The predicted molar refractivity (Wildman–Crippen MR) is 33.2 cm³/mol. The third-order valence-corrected chi connectivity index (χ3v) is 1.62. The first-order valence-corrected chi connectivity index (χ1v) is 2.98. The van der Waals surface area contributed by atoms with Crippen molar-refractivity contribution in [3.8, 4) is 0 Å². The van der Waals surface area contributed by atoms with Gasteiger partial charge in [0.15, 0.2) is 0 Å². The van der Waals surface area contributed by atoms with Crippen molar-refractivity contribution < 1.29 is 0 Å². The average molecular weight is 118 g/mol. The van der Waals surface area contributed by atoms with Gasteiger partial charge < -0.3 is 0 Å². The van der Waals surface area contributed by atoms with Crippen molar-refractivity contribution in [1.82, 2.24) is 5.01 Å². The van der Waals surface area contributed by atoms with Gasteiger partial charge >= 0.3 is 0 Å². The van der Waals surface area contributed by atoms with Crippen LogP contribution >= 0.6 is 12.6 Å². The molecule has 0 amide bonds. The Hall–Kier alpha value is 0.270. The summed E-state index contributed by atoms with van der Waals surface area (Å²) in [6.07, 6.45) is 1.14. The van der Waals surface area contributed by atoms with Crippen molar-refractivity contribution >= 4 is 12.6 Å². The van der Waals surface area contributed by atoms with E-state index < -0.39 is 0 Å². The minimum atomic E-state index is 0.519. The molecule has 0 aromatic heterocycles. The van der Waals surface area contributed by atoms with E-state index in [-0.39, 0.29) is 0 Å². The van der Waals surface area contributed by atoms with Crippen molar-refractivity contribution in [3.05, 3.63) is 0 Å². The van der Waals surface area contributed by atoms with Gasteiger partial charge in [0.05, 0.1) is 0 Å². The first kappa shape index (κ1) is 5.41. The van der Waals surface area contributed by atoms with E-state index in [4.69, 9.17) is 5.84 Å². The molecule has 2 N–H and O–H groups in total. The van der Waals surface area contributed by atoms with E-state index >= 15 is 0 Å². The van der Waals surface area contributed by atoms with Gasteiger partial charge in [-0.1, -0.05) is 0 Å². The lowest BCUT2D eigenvalue weighted by atomic mass is 10.4. The van der Waals surface area contributed by atoms with E-state index in [1.165, 1.54) is 0 Å². The summed E-state index contributed by atoms with van der Waals surface area (Å²) in [5, 5.41) is 2.32. The largest absolute Gasteiger partial charge is 0.269 e.